The summed E-state index contributed by atoms with van der Waals surface area (Å²) in [6, 6.07) is 8.72. The third-order valence-corrected chi connectivity index (χ3v) is 3.62. The molecule has 1 aromatic rings. The number of rotatable bonds is 5. The Balaban J connectivity index is 1.98. The molecule has 22 heavy (non-hydrogen) atoms. The number of anilines is 2. The van der Waals surface area contributed by atoms with Crippen LogP contribution in [0.4, 0.5) is 11.4 Å². The van der Waals surface area contributed by atoms with Gasteiger partial charge in [0.2, 0.25) is 11.8 Å². The van der Waals surface area contributed by atoms with Crippen LogP contribution in [0.2, 0.25) is 0 Å². The first kappa shape index (κ1) is 15.8. The molecule has 0 radical (unpaired) electrons. The molecule has 1 aromatic carbocycles. The number of para-hydroxylation sites is 2. The minimum absolute atomic E-state index is 0.214. The van der Waals surface area contributed by atoms with Gasteiger partial charge >= 0.3 is 0 Å². The van der Waals surface area contributed by atoms with Gasteiger partial charge in [-0.05, 0) is 37.0 Å². The Morgan fingerprint density at radius 3 is 2.45 bits per heavy atom. The lowest BCUT2D eigenvalue weighted by Crippen LogP contribution is -2.14. The fourth-order valence-corrected chi connectivity index (χ4v) is 2.52. The average molecular weight is 297 g/mol. The van der Waals surface area contributed by atoms with Crippen molar-refractivity contribution in [2.24, 2.45) is 5.92 Å². The van der Waals surface area contributed by atoms with Crippen molar-refractivity contribution in [3.63, 3.8) is 0 Å². The Kier molecular flexibility index (Phi) is 5.73. The first-order valence-electron chi connectivity index (χ1n) is 7.44. The largest absolute Gasteiger partial charge is 0.323 e. The SMILES string of the molecule is N#CCC(=O)Nc1ccccc1NC(=O)/C=C/C1CCCC1. The van der Waals surface area contributed by atoms with Crippen molar-refractivity contribution in [1.29, 1.82) is 5.26 Å². The van der Waals surface area contributed by atoms with Gasteiger partial charge in [-0.1, -0.05) is 31.1 Å². The molecule has 5 nitrogen and oxygen atoms in total. The molecule has 0 heterocycles. The summed E-state index contributed by atoms with van der Waals surface area (Å²) >= 11 is 0. The Morgan fingerprint density at radius 2 is 1.82 bits per heavy atom. The van der Waals surface area contributed by atoms with Gasteiger partial charge in [-0.3, -0.25) is 9.59 Å². The smallest absolute Gasteiger partial charge is 0.248 e. The summed E-state index contributed by atoms with van der Waals surface area (Å²) in [5.74, 6) is -0.115. The highest BCUT2D eigenvalue weighted by Gasteiger charge is 2.12. The maximum Gasteiger partial charge on any atom is 0.248 e. The van der Waals surface area contributed by atoms with E-state index in [2.05, 4.69) is 10.6 Å². The van der Waals surface area contributed by atoms with Crippen LogP contribution in [0.25, 0.3) is 0 Å². The summed E-state index contributed by atoms with van der Waals surface area (Å²) in [4.78, 5) is 23.5. The fourth-order valence-electron chi connectivity index (χ4n) is 2.52. The molecule has 1 aliphatic rings. The average Bonchev–Trinajstić information content (AvgIpc) is 3.01. The summed E-state index contributed by atoms with van der Waals surface area (Å²) in [5.41, 5.74) is 1.01. The fraction of sp³-hybridized carbons (Fsp3) is 0.353. The zero-order valence-electron chi connectivity index (χ0n) is 12.3. The highest BCUT2D eigenvalue weighted by Crippen LogP contribution is 2.26. The van der Waals surface area contributed by atoms with Crippen LogP contribution in [-0.4, -0.2) is 11.8 Å². The summed E-state index contributed by atoms with van der Waals surface area (Å²) in [6.45, 7) is 0. The van der Waals surface area contributed by atoms with E-state index in [1.54, 1.807) is 36.4 Å². The van der Waals surface area contributed by atoms with Crippen LogP contribution in [0.1, 0.15) is 32.1 Å². The molecule has 1 saturated carbocycles. The van der Waals surface area contributed by atoms with E-state index >= 15 is 0 Å². The molecule has 0 saturated heterocycles. The first-order chi connectivity index (χ1) is 10.7. The van der Waals surface area contributed by atoms with E-state index in [-0.39, 0.29) is 12.3 Å². The van der Waals surface area contributed by atoms with Gasteiger partial charge in [0, 0.05) is 0 Å². The number of nitrogens with zero attached hydrogens (tertiary/aromatic N) is 1. The molecule has 0 aromatic heterocycles. The summed E-state index contributed by atoms with van der Waals surface area (Å²) in [5, 5.41) is 13.9. The van der Waals surface area contributed by atoms with E-state index < -0.39 is 5.91 Å². The van der Waals surface area contributed by atoms with Crippen LogP contribution in [0.15, 0.2) is 36.4 Å². The van der Waals surface area contributed by atoms with Crippen molar-refractivity contribution in [1.82, 2.24) is 0 Å². The number of amides is 2. The van der Waals surface area contributed by atoms with E-state index in [0.29, 0.717) is 17.3 Å². The van der Waals surface area contributed by atoms with Gasteiger partial charge in [0.1, 0.15) is 6.42 Å². The van der Waals surface area contributed by atoms with Crippen molar-refractivity contribution in [2.75, 3.05) is 10.6 Å². The Hall–Kier alpha value is -2.61. The van der Waals surface area contributed by atoms with Gasteiger partial charge in [-0.2, -0.15) is 5.26 Å². The van der Waals surface area contributed by atoms with E-state index in [0.717, 1.165) is 12.8 Å². The predicted molar refractivity (Wildman–Crippen MR) is 85.0 cm³/mol. The van der Waals surface area contributed by atoms with Gasteiger partial charge < -0.3 is 10.6 Å². The zero-order chi connectivity index (χ0) is 15.8. The summed E-state index contributed by atoms with van der Waals surface area (Å²) in [7, 11) is 0. The van der Waals surface area contributed by atoms with Gasteiger partial charge in [-0.15, -0.1) is 0 Å². The predicted octanol–water partition coefficient (Wildman–Crippen LogP) is 3.22. The standard InChI is InChI=1S/C17H19N3O2/c18-12-11-17(22)20-15-8-4-3-7-14(15)19-16(21)10-9-13-5-1-2-6-13/h3-4,7-10,13H,1-2,5-6,11H2,(H,19,21)(H,20,22)/b10-9+. The molecule has 0 atom stereocenters. The minimum atomic E-state index is -0.398. The number of benzene rings is 1. The lowest BCUT2D eigenvalue weighted by Gasteiger charge is -2.10. The molecular formula is C17H19N3O2. The maximum absolute atomic E-state index is 12.0. The molecule has 2 N–H and O–H groups in total. The molecule has 2 amide bonds. The molecule has 0 aliphatic heterocycles. The quantitative estimate of drug-likeness (QED) is 0.819. The molecular weight excluding hydrogens is 278 g/mol. The monoisotopic (exact) mass is 297 g/mol. The van der Waals surface area contributed by atoms with Crippen LogP contribution in [-0.2, 0) is 9.59 Å². The Bertz CT molecular complexity index is 611. The third-order valence-electron chi connectivity index (χ3n) is 3.62. The number of allylic oxidation sites excluding steroid dienone is 1. The van der Waals surface area contributed by atoms with Crippen LogP contribution >= 0.6 is 0 Å². The van der Waals surface area contributed by atoms with Crippen molar-refractivity contribution in [2.45, 2.75) is 32.1 Å². The van der Waals surface area contributed by atoms with E-state index in [4.69, 9.17) is 5.26 Å². The highest BCUT2D eigenvalue weighted by atomic mass is 16.2. The van der Waals surface area contributed by atoms with Crippen LogP contribution < -0.4 is 10.6 Å². The van der Waals surface area contributed by atoms with E-state index in [1.807, 2.05) is 6.08 Å². The number of hydrogen-bond donors (Lipinski definition) is 2. The van der Waals surface area contributed by atoms with Crippen molar-refractivity contribution in [3.05, 3.63) is 36.4 Å². The molecule has 0 spiro atoms. The van der Waals surface area contributed by atoms with Crippen molar-refractivity contribution < 1.29 is 9.59 Å². The van der Waals surface area contributed by atoms with Crippen LogP contribution in [0, 0.1) is 17.2 Å². The van der Waals surface area contributed by atoms with Crippen molar-refractivity contribution >= 4 is 23.2 Å². The topological polar surface area (TPSA) is 82.0 Å². The lowest BCUT2D eigenvalue weighted by atomic mass is 10.1. The second kappa shape index (κ2) is 7.99. The second-order valence-electron chi connectivity index (χ2n) is 5.32. The third kappa shape index (κ3) is 4.74. The Labute approximate surface area is 130 Å². The molecule has 1 fully saturated rings. The molecule has 5 heteroatoms. The van der Waals surface area contributed by atoms with Gasteiger partial charge in [0.15, 0.2) is 0 Å². The van der Waals surface area contributed by atoms with E-state index in [9.17, 15) is 9.59 Å². The molecule has 0 bridgehead atoms. The van der Waals surface area contributed by atoms with Gasteiger partial charge in [0.05, 0.1) is 17.4 Å². The van der Waals surface area contributed by atoms with Gasteiger partial charge in [-0.25, -0.2) is 0 Å². The van der Waals surface area contributed by atoms with Crippen molar-refractivity contribution in [3.8, 4) is 6.07 Å². The number of carbonyl (C=O) groups excluding carboxylic acids is 2. The molecule has 1 aliphatic carbocycles. The number of carbonyl (C=O) groups is 2. The Morgan fingerprint density at radius 1 is 1.18 bits per heavy atom. The summed E-state index contributed by atoms with van der Waals surface area (Å²) < 4.78 is 0. The molecule has 114 valence electrons. The second-order valence-corrected chi connectivity index (χ2v) is 5.32. The minimum Gasteiger partial charge on any atom is -0.323 e. The lowest BCUT2D eigenvalue weighted by molar-refractivity contribution is -0.115. The molecule has 0 unspecified atom stereocenters. The van der Waals surface area contributed by atoms with E-state index in [1.165, 1.54) is 12.8 Å². The highest BCUT2D eigenvalue weighted by molar-refractivity contribution is 6.03. The number of nitriles is 1. The summed E-state index contributed by atoms with van der Waals surface area (Å²) in [6.07, 6.45) is 8.04. The normalized spacial score (nSPS) is 14.7. The number of hydrogen-bond acceptors (Lipinski definition) is 3. The number of nitrogens with one attached hydrogen (secondary N) is 2. The first-order valence-corrected chi connectivity index (χ1v) is 7.44. The zero-order valence-corrected chi connectivity index (χ0v) is 12.3. The van der Waals surface area contributed by atoms with Crippen LogP contribution in [0.3, 0.4) is 0 Å². The molecule has 2 rings (SSSR count). The van der Waals surface area contributed by atoms with Crippen LogP contribution in [0.5, 0.6) is 0 Å². The van der Waals surface area contributed by atoms with Gasteiger partial charge in [0.25, 0.3) is 0 Å². The maximum atomic E-state index is 12.0.